The largest absolute Gasteiger partial charge is 0.416 e. The van der Waals surface area contributed by atoms with E-state index >= 15 is 0 Å². The number of hydrogen-bond donors (Lipinski definition) is 2. The molecule has 0 radical (unpaired) electrons. The summed E-state index contributed by atoms with van der Waals surface area (Å²) in [6, 6.07) is 4.65. The summed E-state index contributed by atoms with van der Waals surface area (Å²) < 4.78 is 36.6. The van der Waals surface area contributed by atoms with Crippen molar-refractivity contribution in [3.8, 4) is 0 Å². The Morgan fingerprint density at radius 1 is 1.25 bits per heavy atom. The number of halogens is 3. The topological polar surface area (TPSA) is 29.1 Å². The molecule has 0 fully saturated rings. The normalized spacial score (nSPS) is 11.2. The Kier molecular flexibility index (Phi) is 4.23. The predicted octanol–water partition coefficient (Wildman–Crippen LogP) is 2.25. The van der Waals surface area contributed by atoms with E-state index in [0.717, 1.165) is 12.1 Å². The van der Waals surface area contributed by atoms with E-state index in [0.29, 0.717) is 5.56 Å². The van der Waals surface area contributed by atoms with Gasteiger partial charge in [0.25, 0.3) is 0 Å². The number of carbonyl (C=O) groups is 1. The van der Waals surface area contributed by atoms with Crippen molar-refractivity contribution < 1.29 is 18.0 Å². The van der Waals surface area contributed by atoms with Crippen molar-refractivity contribution in [3.63, 3.8) is 0 Å². The molecule has 1 N–H and O–H groups in total. The lowest BCUT2D eigenvalue weighted by atomic mass is 10.1. The number of rotatable bonds is 3. The molecule has 0 spiro atoms. The number of hydrogen-bond acceptors (Lipinski definition) is 2. The number of amides is 1. The van der Waals surface area contributed by atoms with Crippen LogP contribution in [0.4, 0.5) is 13.2 Å². The van der Waals surface area contributed by atoms with Gasteiger partial charge in [-0.1, -0.05) is 12.1 Å². The summed E-state index contributed by atoms with van der Waals surface area (Å²) >= 11 is 3.76. The third-order valence-corrected chi connectivity index (χ3v) is 2.20. The molecule has 1 aromatic rings. The fourth-order valence-corrected chi connectivity index (χ4v) is 1.18. The van der Waals surface area contributed by atoms with Crippen molar-refractivity contribution in [1.29, 1.82) is 0 Å². The van der Waals surface area contributed by atoms with Crippen LogP contribution in [0.5, 0.6) is 0 Å². The van der Waals surface area contributed by atoms with E-state index in [1.165, 1.54) is 12.1 Å². The molecule has 6 heteroatoms. The zero-order valence-corrected chi connectivity index (χ0v) is 9.11. The average molecular weight is 249 g/mol. The quantitative estimate of drug-likeness (QED) is 0.790. The van der Waals surface area contributed by atoms with E-state index in [9.17, 15) is 18.0 Å². The summed E-state index contributed by atoms with van der Waals surface area (Å²) in [7, 11) is 0. The molecule has 88 valence electrons. The second-order valence-corrected chi connectivity index (χ2v) is 3.45. The van der Waals surface area contributed by atoms with Gasteiger partial charge < -0.3 is 5.32 Å². The van der Waals surface area contributed by atoms with Crippen LogP contribution in [0.3, 0.4) is 0 Å². The van der Waals surface area contributed by atoms with Gasteiger partial charge >= 0.3 is 6.18 Å². The fraction of sp³-hybridized carbons (Fsp3) is 0.300. The highest BCUT2D eigenvalue weighted by Gasteiger charge is 2.29. The molecular weight excluding hydrogens is 239 g/mol. The summed E-state index contributed by atoms with van der Waals surface area (Å²) in [6.45, 7) is 0.206. The third kappa shape index (κ3) is 3.77. The van der Waals surface area contributed by atoms with Crippen molar-refractivity contribution in [3.05, 3.63) is 35.4 Å². The first kappa shape index (κ1) is 12.9. The standard InChI is InChI=1S/C10H10F3NOS/c11-10(12,13)8-3-1-7(2-4-8)5-14-9(15)6-16/h1-4,16H,5-6H2,(H,14,15). The molecule has 0 saturated carbocycles. The van der Waals surface area contributed by atoms with Gasteiger partial charge in [-0.25, -0.2) is 0 Å². The van der Waals surface area contributed by atoms with Gasteiger partial charge in [-0.05, 0) is 17.7 Å². The molecule has 0 heterocycles. The molecule has 2 nitrogen and oxygen atoms in total. The molecule has 1 amide bonds. The van der Waals surface area contributed by atoms with E-state index in [4.69, 9.17) is 0 Å². The van der Waals surface area contributed by atoms with Crippen molar-refractivity contribution in [2.75, 3.05) is 5.75 Å². The Labute approximate surface area is 96.3 Å². The molecule has 0 unspecified atom stereocenters. The summed E-state index contributed by atoms with van der Waals surface area (Å²) in [5, 5.41) is 2.51. The monoisotopic (exact) mass is 249 g/mol. The van der Waals surface area contributed by atoms with Gasteiger partial charge in [0.15, 0.2) is 0 Å². The van der Waals surface area contributed by atoms with E-state index < -0.39 is 11.7 Å². The van der Waals surface area contributed by atoms with E-state index in [1.54, 1.807) is 0 Å². The first-order valence-electron chi connectivity index (χ1n) is 4.47. The Morgan fingerprint density at radius 3 is 2.25 bits per heavy atom. The summed E-state index contributed by atoms with van der Waals surface area (Å²) in [5.41, 5.74) is -0.0834. The minimum absolute atomic E-state index is 0.0562. The molecular formula is C10H10F3NOS. The maximum atomic E-state index is 12.2. The molecule has 16 heavy (non-hydrogen) atoms. The summed E-state index contributed by atoms with van der Waals surface area (Å²) in [5.74, 6) is -0.205. The molecule has 0 bridgehead atoms. The molecule has 0 aliphatic heterocycles. The van der Waals surface area contributed by atoms with Crippen molar-refractivity contribution in [2.45, 2.75) is 12.7 Å². The number of thiol groups is 1. The Bertz CT molecular complexity index is 361. The molecule has 1 aromatic carbocycles. The molecule has 0 aromatic heterocycles. The van der Waals surface area contributed by atoms with Crippen LogP contribution in [0.1, 0.15) is 11.1 Å². The maximum Gasteiger partial charge on any atom is 0.416 e. The zero-order valence-electron chi connectivity index (χ0n) is 8.21. The highest BCUT2D eigenvalue weighted by atomic mass is 32.1. The van der Waals surface area contributed by atoms with E-state index in [1.807, 2.05) is 0 Å². The fourth-order valence-electron chi connectivity index (χ4n) is 1.07. The van der Waals surface area contributed by atoms with Gasteiger partial charge in [-0.2, -0.15) is 25.8 Å². The summed E-state index contributed by atoms with van der Waals surface area (Å²) in [4.78, 5) is 10.8. The minimum atomic E-state index is -4.33. The number of benzene rings is 1. The number of carbonyl (C=O) groups excluding carboxylic acids is 1. The van der Waals surface area contributed by atoms with Gasteiger partial charge in [0, 0.05) is 6.54 Å². The SMILES string of the molecule is O=C(CS)NCc1ccc(C(F)(F)F)cc1. The highest BCUT2D eigenvalue weighted by molar-refractivity contribution is 7.81. The second-order valence-electron chi connectivity index (χ2n) is 3.13. The van der Waals surface area contributed by atoms with Crippen LogP contribution >= 0.6 is 12.6 Å². The molecule has 0 aliphatic rings. The lowest BCUT2D eigenvalue weighted by Crippen LogP contribution is -2.23. The first-order chi connectivity index (χ1) is 7.43. The lowest BCUT2D eigenvalue weighted by Gasteiger charge is -2.08. The molecule has 1 rings (SSSR count). The minimum Gasteiger partial charge on any atom is -0.351 e. The van der Waals surface area contributed by atoms with Crippen LogP contribution in [0.15, 0.2) is 24.3 Å². The Hall–Kier alpha value is -1.17. The van der Waals surface area contributed by atoms with Gasteiger partial charge in [-0.3, -0.25) is 4.79 Å². The van der Waals surface area contributed by atoms with Crippen molar-refractivity contribution in [2.24, 2.45) is 0 Å². The second kappa shape index (κ2) is 5.25. The molecule has 0 aliphatic carbocycles. The van der Waals surface area contributed by atoms with Crippen LogP contribution in [-0.4, -0.2) is 11.7 Å². The van der Waals surface area contributed by atoms with Crippen LogP contribution in [0, 0.1) is 0 Å². The number of alkyl halides is 3. The van der Waals surface area contributed by atoms with E-state index in [-0.39, 0.29) is 18.2 Å². The third-order valence-electron chi connectivity index (χ3n) is 1.91. The lowest BCUT2D eigenvalue weighted by molar-refractivity contribution is -0.137. The van der Waals surface area contributed by atoms with Crippen LogP contribution in [0.2, 0.25) is 0 Å². The van der Waals surface area contributed by atoms with E-state index in [2.05, 4.69) is 17.9 Å². The zero-order chi connectivity index (χ0) is 12.2. The summed E-state index contributed by atoms with van der Waals surface area (Å²) in [6.07, 6.45) is -4.33. The first-order valence-corrected chi connectivity index (χ1v) is 5.10. The average Bonchev–Trinajstić information content (AvgIpc) is 2.25. The highest BCUT2D eigenvalue weighted by Crippen LogP contribution is 2.28. The van der Waals surface area contributed by atoms with Gasteiger partial charge in [0.1, 0.15) is 0 Å². The van der Waals surface area contributed by atoms with Crippen LogP contribution in [-0.2, 0) is 17.5 Å². The van der Waals surface area contributed by atoms with Gasteiger partial charge in [0.05, 0.1) is 11.3 Å². The van der Waals surface area contributed by atoms with Crippen molar-refractivity contribution >= 4 is 18.5 Å². The van der Waals surface area contributed by atoms with Crippen LogP contribution < -0.4 is 5.32 Å². The number of nitrogens with one attached hydrogen (secondary N) is 1. The Morgan fingerprint density at radius 2 is 1.81 bits per heavy atom. The molecule has 0 saturated heterocycles. The van der Waals surface area contributed by atoms with Gasteiger partial charge in [-0.15, -0.1) is 0 Å². The van der Waals surface area contributed by atoms with Crippen molar-refractivity contribution in [1.82, 2.24) is 5.32 Å². The van der Waals surface area contributed by atoms with Gasteiger partial charge in [0.2, 0.25) is 5.91 Å². The maximum absolute atomic E-state index is 12.2. The smallest absolute Gasteiger partial charge is 0.351 e. The van der Waals surface area contributed by atoms with Crippen LogP contribution in [0.25, 0.3) is 0 Å². The predicted molar refractivity (Wildman–Crippen MR) is 57.1 cm³/mol. The molecule has 0 atom stereocenters. The Balaban J connectivity index is 2.62.